The molecule has 2 aliphatic rings. The van der Waals surface area contributed by atoms with Gasteiger partial charge in [0.2, 0.25) is 16.8 Å². The van der Waals surface area contributed by atoms with Crippen molar-refractivity contribution in [3.63, 3.8) is 0 Å². The first-order valence-corrected chi connectivity index (χ1v) is 13.0. The van der Waals surface area contributed by atoms with Crippen LogP contribution in [0.3, 0.4) is 0 Å². The zero-order valence-corrected chi connectivity index (χ0v) is 20.0. The number of hydrogen-bond acceptors (Lipinski definition) is 6. The predicted molar refractivity (Wildman–Crippen MR) is 128 cm³/mol. The first-order chi connectivity index (χ1) is 16.2. The van der Waals surface area contributed by atoms with Crippen molar-refractivity contribution in [2.24, 2.45) is 0 Å². The van der Waals surface area contributed by atoms with Crippen LogP contribution in [0.15, 0.2) is 60.7 Å². The fourth-order valence-electron chi connectivity index (χ4n) is 4.28. The molecule has 0 atom stereocenters. The smallest absolute Gasteiger partial charge is 0.231 e. The number of carbonyl (C=O) groups excluding carboxylic acids is 1. The number of aromatic nitrogens is 1. The van der Waals surface area contributed by atoms with E-state index in [2.05, 4.69) is 0 Å². The summed E-state index contributed by atoms with van der Waals surface area (Å²) in [6, 6.07) is 19.1. The molecule has 5 rings (SSSR count). The molecule has 8 heteroatoms. The molecule has 7 nitrogen and oxygen atoms in total. The van der Waals surface area contributed by atoms with Crippen LogP contribution < -0.4 is 9.47 Å². The van der Waals surface area contributed by atoms with Gasteiger partial charge in [-0.05, 0) is 48.2 Å². The largest absolute Gasteiger partial charge is 0.454 e. The number of pyridine rings is 1. The molecular formula is C26H26N2O5S. The third-order valence-corrected chi connectivity index (χ3v) is 7.84. The fraction of sp³-hybridized carbons (Fsp3) is 0.308. The van der Waals surface area contributed by atoms with Crippen molar-refractivity contribution in [1.82, 2.24) is 9.29 Å². The van der Waals surface area contributed by atoms with E-state index in [9.17, 15) is 13.2 Å². The molecule has 34 heavy (non-hydrogen) atoms. The maximum atomic E-state index is 13.3. The maximum absolute atomic E-state index is 13.3. The van der Waals surface area contributed by atoms with Gasteiger partial charge in [0.1, 0.15) is 5.78 Å². The molecule has 0 saturated heterocycles. The molecule has 1 saturated carbocycles. The molecule has 0 N–H and O–H groups in total. The molecule has 1 aliphatic heterocycles. The number of fused-ring (bicyclic) bond motifs is 1. The maximum Gasteiger partial charge on any atom is 0.231 e. The summed E-state index contributed by atoms with van der Waals surface area (Å²) < 4.78 is 35.5. The second-order valence-electron chi connectivity index (χ2n) is 8.98. The molecule has 0 spiro atoms. The SMILES string of the molecule is CN(Cc1ccc(-c2cccc(CC(=O)C3(c4ccc5c(c4)OCO5)CC3)n2)cc1)S(C)(=O)=O. The van der Waals surface area contributed by atoms with Crippen LogP contribution in [0, 0.1) is 0 Å². The molecule has 2 aromatic carbocycles. The Morgan fingerprint density at radius 1 is 1.03 bits per heavy atom. The van der Waals surface area contributed by atoms with Gasteiger partial charge in [-0.15, -0.1) is 0 Å². The molecule has 0 radical (unpaired) electrons. The minimum atomic E-state index is -3.23. The van der Waals surface area contributed by atoms with Crippen LogP contribution in [-0.4, -0.2) is 43.6 Å². The number of carbonyl (C=O) groups is 1. The highest BCUT2D eigenvalue weighted by atomic mass is 32.2. The number of sulfonamides is 1. The van der Waals surface area contributed by atoms with E-state index >= 15 is 0 Å². The number of hydrogen-bond donors (Lipinski definition) is 0. The Morgan fingerprint density at radius 2 is 1.76 bits per heavy atom. The molecule has 3 aromatic rings. The fourth-order valence-corrected chi connectivity index (χ4v) is 4.66. The average Bonchev–Trinajstić information content (AvgIpc) is 3.50. The quantitative estimate of drug-likeness (QED) is 0.491. The van der Waals surface area contributed by atoms with Crippen molar-refractivity contribution < 1.29 is 22.7 Å². The van der Waals surface area contributed by atoms with Crippen molar-refractivity contribution in [3.05, 3.63) is 77.5 Å². The lowest BCUT2D eigenvalue weighted by Gasteiger charge is -2.15. The number of benzene rings is 2. The van der Waals surface area contributed by atoms with Crippen molar-refractivity contribution in [2.45, 2.75) is 31.2 Å². The van der Waals surface area contributed by atoms with Crippen molar-refractivity contribution in [2.75, 3.05) is 20.1 Å². The molecule has 0 bridgehead atoms. The lowest BCUT2D eigenvalue weighted by molar-refractivity contribution is -0.120. The summed E-state index contributed by atoms with van der Waals surface area (Å²) in [5, 5.41) is 0. The number of rotatable bonds is 8. The summed E-state index contributed by atoms with van der Waals surface area (Å²) in [6.45, 7) is 0.523. The van der Waals surface area contributed by atoms with Crippen LogP contribution in [0.25, 0.3) is 11.3 Å². The Morgan fingerprint density at radius 3 is 2.47 bits per heavy atom. The van der Waals surface area contributed by atoms with E-state index in [0.717, 1.165) is 46.7 Å². The highest BCUT2D eigenvalue weighted by molar-refractivity contribution is 7.88. The third kappa shape index (κ3) is 4.43. The molecule has 2 heterocycles. The monoisotopic (exact) mass is 478 g/mol. The minimum Gasteiger partial charge on any atom is -0.454 e. The Balaban J connectivity index is 1.30. The summed E-state index contributed by atoms with van der Waals surface area (Å²) in [4.78, 5) is 18.0. The van der Waals surface area contributed by atoms with Crippen molar-refractivity contribution in [1.29, 1.82) is 0 Å². The van der Waals surface area contributed by atoms with Gasteiger partial charge < -0.3 is 9.47 Å². The number of ether oxygens (including phenoxy) is 2. The van der Waals surface area contributed by atoms with Crippen LogP contribution in [0.1, 0.15) is 29.7 Å². The highest BCUT2D eigenvalue weighted by Gasteiger charge is 2.51. The first kappa shape index (κ1) is 22.6. The van der Waals surface area contributed by atoms with E-state index in [0.29, 0.717) is 12.3 Å². The van der Waals surface area contributed by atoms with Gasteiger partial charge in [0.15, 0.2) is 11.5 Å². The summed E-state index contributed by atoms with van der Waals surface area (Å²) in [5.41, 5.74) is 3.83. The van der Waals surface area contributed by atoms with Gasteiger partial charge in [-0.2, -0.15) is 0 Å². The minimum absolute atomic E-state index is 0.162. The first-order valence-electron chi connectivity index (χ1n) is 11.1. The number of ketones is 1. The number of nitrogens with zero attached hydrogens (tertiary/aromatic N) is 2. The van der Waals surface area contributed by atoms with Gasteiger partial charge in [0.05, 0.1) is 17.4 Å². The predicted octanol–water partition coefficient (Wildman–Crippen LogP) is 3.71. The zero-order valence-electron chi connectivity index (χ0n) is 19.2. The van der Waals surface area contributed by atoms with Gasteiger partial charge in [-0.25, -0.2) is 12.7 Å². The second kappa shape index (κ2) is 8.52. The van der Waals surface area contributed by atoms with Crippen molar-refractivity contribution in [3.8, 4) is 22.8 Å². The average molecular weight is 479 g/mol. The molecule has 0 unspecified atom stereocenters. The lowest BCUT2D eigenvalue weighted by atomic mass is 9.88. The topological polar surface area (TPSA) is 85.8 Å². The van der Waals surface area contributed by atoms with Crippen LogP contribution in [0.4, 0.5) is 0 Å². The van der Waals surface area contributed by atoms with Gasteiger partial charge in [-0.1, -0.05) is 36.4 Å². The molecule has 1 aromatic heterocycles. The van der Waals surface area contributed by atoms with E-state index < -0.39 is 15.4 Å². The van der Waals surface area contributed by atoms with Gasteiger partial charge >= 0.3 is 0 Å². The molecule has 1 aliphatic carbocycles. The summed E-state index contributed by atoms with van der Waals surface area (Å²) in [6.07, 6.45) is 3.11. The van der Waals surface area contributed by atoms with Crippen molar-refractivity contribution >= 4 is 15.8 Å². The van der Waals surface area contributed by atoms with Gasteiger partial charge in [0.25, 0.3) is 0 Å². The Hall–Kier alpha value is -3.23. The zero-order chi connectivity index (χ0) is 23.9. The summed E-state index contributed by atoms with van der Waals surface area (Å²) >= 11 is 0. The Bertz CT molecular complexity index is 1350. The third-order valence-electron chi connectivity index (χ3n) is 6.58. The van der Waals surface area contributed by atoms with Crippen LogP contribution in [0.5, 0.6) is 11.5 Å². The van der Waals surface area contributed by atoms with E-state index in [1.807, 2.05) is 60.7 Å². The van der Waals surface area contributed by atoms with E-state index in [-0.39, 0.29) is 19.0 Å². The lowest BCUT2D eigenvalue weighted by Crippen LogP contribution is -2.24. The highest BCUT2D eigenvalue weighted by Crippen LogP contribution is 2.51. The van der Waals surface area contributed by atoms with E-state index in [1.165, 1.54) is 10.6 Å². The summed E-state index contributed by atoms with van der Waals surface area (Å²) in [7, 11) is -1.68. The second-order valence-corrected chi connectivity index (χ2v) is 11.1. The number of Topliss-reactive ketones (excluding diaryl/α,β-unsaturated/α-hetero) is 1. The van der Waals surface area contributed by atoms with Gasteiger partial charge in [0, 0.05) is 31.3 Å². The molecule has 176 valence electrons. The van der Waals surface area contributed by atoms with Crippen LogP contribution in [0.2, 0.25) is 0 Å². The molecule has 1 fully saturated rings. The van der Waals surface area contributed by atoms with E-state index in [4.69, 9.17) is 14.5 Å². The van der Waals surface area contributed by atoms with Crippen LogP contribution in [-0.2, 0) is 33.2 Å². The standard InChI is InChI=1S/C26H26N2O5S/c1-28(34(2,30)31)16-18-6-8-19(9-7-18)22-5-3-4-21(27-22)15-25(29)26(12-13-26)20-10-11-23-24(14-20)33-17-32-23/h3-11,14H,12-13,15-17H2,1-2H3. The molecule has 0 amide bonds. The molecular weight excluding hydrogens is 452 g/mol. The Kier molecular flexibility index (Phi) is 5.65. The van der Waals surface area contributed by atoms with Gasteiger partial charge in [-0.3, -0.25) is 9.78 Å². The van der Waals surface area contributed by atoms with Crippen LogP contribution >= 0.6 is 0 Å². The normalized spacial score (nSPS) is 16.0. The van der Waals surface area contributed by atoms with E-state index in [1.54, 1.807) is 7.05 Å². The summed E-state index contributed by atoms with van der Waals surface area (Å²) in [5.74, 6) is 1.58. The Labute approximate surface area is 199 Å².